The Labute approximate surface area is 126 Å². The Hall–Kier alpha value is -2.40. The summed E-state index contributed by atoms with van der Waals surface area (Å²) in [7, 11) is 1.79. The number of benzene rings is 1. The van der Waals surface area contributed by atoms with Gasteiger partial charge in [-0.1, -0.05) is 17.7 Å². The minimum Gasteiger partial charge on any atom is -0.275 e. The van der Waals surface area contributed by atoms with Crippen molar-refractivity contribution < 1.29 is 9.59 Å². The summed E-state index contributed by atoms with van der Waals surface area (Å²) < 4.78 is 1.64. The average Bonchev–Trinajstić information content (AvgIpc) is 2.94. The molecule has 0 unspecified atom stereocenters. The van der Waals surface area contributed by atoms with Crippen LogP contribution in [0.3, 0.4) is 0 Å². The van der Waals surface area contributed by atoms with E-state index in [1.54, 1.807) is 54.5 Å². The zero-order valence-electron chi connectivity index (χ0n) is 11.3. The quantitative estimate of drug-likeness (QED) is 0.632. The molecule has 1 aromatic heterocycles. The van der Waals surface area contributed by atoms with Crippen molar-refractivity contribution in [2.24, 2.45) is 7.05 Å². The minimum atomic E-state index is -0.314. The standard InChI is InChI=1S/C15H12ClN3O2/c1-18-9-10(8-17-18)5-11-6-14(20)19(15(11)21)13-4-2-3-12(16)7-13/h2-5,7-9H,6H2,1H3/b11-5+. The van der Waals surface area contributed by atoms with E-state index in [0.29, 0.717) is 16.3 Å². The van der Waals surface area contributed by atoms with Gasteiger partial charge in [0, 0.05) is 29.4 Å². The maximum atomic E-state index is 12.4. The summed E-state index contributed by atoms with van der Waals surface area (Å²) in [6.45, 7) is 0. The number of anilines is 1. The molecule has 2 heterocycles. The molecule has 0 bridgehead atoms. The van der Waals surface area contributed by atoms with Gasteiger partial charge in [-0.25, -0.2) is 4.90 Å². The molecule has 0 aliphatic carbocycles. The third-order valence-electron chi connectivity index (χ3n) is 3.20. The van der Waals surface area contributed by atoms with Crippen LogP contribution in [0.2, 0.25) is 5.02 Å². The predicted molar refractivity (Wildman–Crippen MR) is 79.7 cm³/mol. The van der Waals surface area contributed by atoms with Crippen LogP contribution >= 0.6 is 11.6 Å². The Kier molecular flexibility index (Phi) is 3.35. The fourth-order valence-corrected chi connectivity index (χ4v) is 2.46. The van der Waals surface area contributed by atoms with Crippen LogP contribution in [0.25, 0.3) is 6.08 Å². The van der Waals surface area contributed by atoms with Crippen LogP contribution in [0.1, 0.15) is 12.0 Å². The molecule has 1 aromatic carbocycles. The average molecular weight is 302 g/mol. The van der Waals surface area contributed by atoms with Gasteiger partial charge in [-0.15, -0.1) is 0 Å². The molecule has 0 saturated carbocycles. The molecular formula is C15H12ClN3O2. The Morgan fingerprint density at radius 2 is 2.14 bits per heavy atom. The third-order valence-corrected chi connectivity index (χ3v) is 3.44. The highest BCUT2D eigenvalue weighted by atomic mass is 35.5. The fraction of sp³-hybridized carbons (Fsp3) is 0.133. The zero-order chi connectivity index (χ0) is 15.0. The number of carbonyl (C=O) groups is 2. The van der Waals surface area contributed by atoms with E-state index in [2.05, 4.69) is 5.10 Å². The summed E-state index contributed by atoms with van der Waals surface area (Å²) >= 11 is 5.91. The molecule has 1 aliphatic rings. The maximum absolute atomic E-state index is 12.4. The van der Waals surface area contributed by atoms with Gasteiger partial charge in [0.2, 0.25) is 5.91 Å². The Balaban J connectivity index is 1.94. The molecule has 1 fully saturated rings. The van der Waals surface area contributed by atoms with Crippen LogP contribution in [-0.4, -0.2) is 21.6 Å². The first kappa shape index (κ1) is 13.6. The Morgan fingerprint density at radius 3 is 2.81 bits per heavy atom. The van der Waals surface area contributed by atoms with Crippen LogP contribution in [0.5, 0.6) is 0 Å². The Morgan fingerprint density at radius 1 is 1.33 bits per heavy atom. The zero-order valence-corrected chi connectivity index (χ0v) is 12.0. The number of aromatic nitrogens is 2. The van der Waals surface area contributed by atoms with Crippen molar-refractivity contribution in [2.45, 2.75) is 6.42 Å². The molecular weight excluding hydrogens is 290 g/mol. The molecule has 3 rings (SSSR count). The van der Waals surface area contributed by atoms with Crippen LogP contribution < -0.4 is 4.90 Å². The van der Waals surface area contributed by atoms with E-state index in [1.807, 2.05) is 0 Å². The van der Waals surface area contributed by atoms with Gasteiger partial charge in [0.1, 0.15) is 0 Å². The van der Waals surface area contributed by atoms with E-state index in [1.165, 1.54) is 0 Å². The van der Waals surface area contributed by atoms with Crippen molar-refractivity contribution in [1.29, 1.82) is 0 Å². The van der Waals surface area contributed by atoms with Gasteiger partial charge in [-0.2, -0.15) is 5.10 Å². The van der Waals surface area contributed by atoms with Gasteiger partial charge in [0.05, 0.1) is 18.3 Å². The number of imide groups is 1. The summed E-state index contributed by atoms with van der Waals surface area (Å²) in [4.78, 5) is 25.7. The normalized spacial score (nSPS) is 17.0. The van der Waals surface area contributed by atoms with Crippen molar-refractivity contribution >= 4 is 35.2 Å². The van der Waals surface area contributed by atoms with E-state index in [-0.39, 0.29) is 18.2 Å². The summed E-state index contributed by atoms with van der Waals surface area (Å²) in [5.41, 5.74) is 1.74. The lowest BCUT2D eigenvalue weighted by molar-refractivity contribution is -0.120. The minimum absolute atomic E-state index is 0.0836. The van der Waals surface area contributed by atoms with Gasteiger partial charge in [0.25, 0.3) is 5.91 Å². The van der Waals surface area contributed by atoms with Crippen LogP contribution in [-0.2, 0) is 16.6 Å². The molecule has 2 amide bonds. The molecule has 21 heavy (non-hydrogen) atoms. The lowest BCUT2D eigenvalue weighted by Gasteiger charge is -2.13. The molecule has 1 aliphatic heterocycles. The number of amides is 2. The van der Waals surface area contributed by atoms with E-state index < -0.39 is 0 Å². The lowest BCUT2D eigenvalue weighted by atomic mass is 10.1. The summed E-state index contributed by atoms with van der Waals surface area (Å²) in [5, 5.41) is 4.52. The smallest absolute Gasteiger partial charge is 0.261 e. The second-order valence-corrected chi connectivity index (χ2v) is 5.24. The summed E-state index contributed by atoms with van der Waals surface area (Å²) in [6, 6.07) is 6.70. The molecule has 6 heteroatoms. The van der Waals surface area contributed by atoms with Crippen molar-refractivity contribution in [3.8, 4) is 0 Å². The number of aryl methyl sites for hydroxylation is 1. The van der Waals surface area contributed by atoms with Crippen molar-refractivity contribution in [3.05, 3.63) is 52.8 Å². The first-order valence-electron chi connectivity index (χ1n) is 6.36. The van der Waals surface area contributed by atoms with Crippen LogP contribution in [0, 0.1) is 0 Å². The second kappa shape index (κ2) is 5.18. The topological polar surface area (TPSA) is 55.2 Å². The first-order chi connectivity index (χ1) is 10.0. The molecule has 2 aromatic rings. The largest absolute Gasteiger partial charge is 0.275 e. The molecule has 0 radical (unpaired) electrons. The maximum Gasteiger partial charge on any atom is 0.261 e. The number of hydrogen-bond acceptors (Lipinski definition) is 3. The third kappa shape index (κ3) is 2.60. The molecule has 0 atom stereocenters. The van der Waals surface area contributed by atoms with E-state index in [9.17, 15) is 9.59 Å². The molecule has 106 valence electrons. The molecule has 0 spiro atoms. The van der Waals surface area contributed by atoms with Gasteiger partial charge in [-0.05, 0) is 24.3 Å². The Bertz CT molecular complexity index is 764. The number of carbonyl (C=O) groups excluding carboxylic acids is 2. The van der Waals surface area contributed by atoms with E-state index >= 15 is 0 Å². The number of halogens is 1. The summed E-state index contributed by atoms with van der Waals surface area (Å²) in [5.74, 6) is -0.566. The van der Waals surface area contributed by atoms with E-state index in [0.717, 1.165) is 10.5 Å². The lowest BCUT2D eigenvalue weighted by Crippen LogP contribution is -2.28. The highest BCUT2D eigenvalue weighted by Gasteiger charge is 2.35. The summed E-state index contributed by atoms with van der Waals surface area (Å²) in [6.07, 6.45) is 5.21. The van der Waals surface area contributed by atoms with Gasteiger partial charge in [0.15, 0.2) is 0 Å². The molecule has 1 saturated heterocycles. The van der Waals surface area contributed by atoms with Crippen molar-refractivity contribution in [2.75, 3.05) is 4.90 Å². The highest BCUT2D eigenvalue weighted by Crippen LogP contribution is 2.28. The fourth-order valence-electron chi connectivity index (χ4n) is 2.28. The van der Waals surface area contributed by atoms with Gasteiger partial charge < -0.3 is 0 Å². The van der Waals surface area contributed by atoms with E-state index in [4.69, 9.17) is 11.6 Å². The monoisotopic (exact) mass is 301 g/mol. The molecule has 0 N–H and O–H groups in total. The van der Waals surface area contributed by atoms with Crippen LogP contribution in [0.15, 0.2) is 42.2 Å². The number of hydrogen-bond donors (Lipinski definition) is 0. The van der Waals surface area contributed by atoms with Gasteiger partial charge in [-0.3, -0.25) is 14.3 Å². The van der Waals surface area contributed by atoms with Crippen molar-refractivity contribution in [1.82, 2.24) is 9.78 Å². The second-order valence-electron chi connectivity index (χ2n) is 4.81. The molecule has 5 nitrogen and oxygen atoms in total. The van der Waals surface area contributed by atoms with Crippen LogP contribution in [0.4, 0.5) is 5.69 Å². The van der Waals surface area contributed by atoms with Crippen molar-refractivity contribution in [3.63, 3.8) is 0 Å². The number of nitrogens with zero attached hydrogens (tertiary/aromatic N) is 3. The predicted octanol–water partition coefficient (Wildman–Crippen LogP) is 2.42. The van der Waals surface area contributed by atoms with Gasteiger partial charge >= 0.3 is 0 Å². The number of rotatable bonds is 2. The highest BCUT2D eigenvalue weighted by molar-refractivity contribution is 6.32. The SMILES string of the molecule is Cn1cc(/C=C2\CC(=O)N(c3cccc(Cl)c3)C2=O)cn1. The first-order valence-corrected chi connectivity index (χ1v) is 6.74.